The van der Waals surface area contributed by atoms with Crippen molar-refractivity contribution in [2.24, 2.45) is 0 Å². The van der Waals surface area contributed by atoms with E-state index >= 15 is 0 Å². The van der Waals surface area contributed by atoms with Gasteiger partial charge in [0.05, 0.1) is 12.1 Å². The standard InChI is InChI=1S/C17H27N3O2/c1-22-12-11-20-16(21)6-2-7-17(20)8-4-10-19(14-17)13-15-5-3-9-18-15/h3,5,9,18H,2,4,6-8,10-14H2,1H3. The first kappa shape index (κ1) is 15.6. The molecule has 2 fully saturated rings. The van der Waals surface area contributed by atoms with Crippen molar-refractivity contribution in [1.82, 2.24) is 14.8 Å². The largest absolute Gasteiger partial charge is 0.383 e. The number of hydrogen-bond acceptors (Lipinski definition) is 3. The molecular weight excluding hydrogens is 278 g/mol. The Bertz CT molecular complexity index is 484. The molecule has 1 unspecified atom stereocenters. The van der Waals surface area contributed by atoms with Gasteiger partial charge in [0.15, 0.2) is 0 Å². The average Bonchev–Trinajstić information content (AvgIpc) is 3.00. The molecule has 5 heteroatoms. The number of piperidine rings is 2. The Morgan fingerprint density at radius 3 is 3.00 bits per heavy atom. The topological polar surface area (TPSA) is 48.6 Å². The summed E-state index contributed by atoms with van der Waals surface area (Å²) in [5.41, 5.74) is 1.28. The summed E-state index contributed by atoms with van der Waals surface area (Å²) >= 11 is 0. The molecule has 1 atom stereocenters. The van der Waals surface area contributed by atoms with E-state index in [4.69, 9.17) is 4.74 Å². The van der Waals surface area contributed by atoms with Crippen LogP contribution >= 0.6 is 0 Å². The predicted molar refractivity (Wildman–Crippen MR) is 85.5 cm³/mol. The Hall–Kier alpha value is -1.33. The second-order valence-electron chi connectivity index (χ2n) is 6.63. The second kappa shape index (κ2) is 6.84. The molecule has 0 saturated carbocycles. The van der Waals surface area contributed by atoms with Gasteiger partial charge in [0, 0.05) is 45.1 Å². The summed E-state index contributed by atoms with van der Waals surface area (Å²) in [4.78, 5) is 20.4. The molecule has 1 spiro atoms. The Morgan fingerprint density at radius 1 is 1.36 bits per heavy atom. The summed E-state index contributed by atoms with van der Waals surface area (Å²) in [6.45, 7) is 4.41. The zero-order chi connectivity index (χ0) is 15.4. The van der Waals surface area contributed by atoms with Gasteiger partial charge in [0.2, 0.25) is 5.91 Å². The minimum Gasteiger partial charge on any atom is -0.383 e. The monoisotopic (exact) mass is 305 g/mol. The Kier molecular flexibility index (Phi) is 4.84. The lowest BCUT2D eigenvalue weighted by atomic mass is 9.79. The van der Waals surface area contributed by atoms with Crippen molar-refractivity contribution >= 4 is 5.91 Å². The molecule has 22 heavy (non-hydrogen) atoms. The maximum Gasteiger partial charge on any atom is 0.223 e. The van der Waals surface area contributed by atoms with Gasteiger partial charge >= 0.3 is 0 Å². The number of aromatic amines is 1. The highest BCUT2D eigenvalue weighted by Gasteiger charge is 2.44. The molecule has 1 aromatic rings. The number of H-pyrrole nitrogens is 1. The third-order valence-corrected chi connectivity index (χ3v) is 5.12. The molecule has 1 aromatic heterocycles. The number of aromatic nitrogens is 1. The molecule has 3 heterocycles. The van der Waals surface area contributed by atoms with Crippen LogP contribution in [0.2, 0.25) is 0 Å². The van der Waals surface area contributed by atoms with Crippen molar-refractivity contribution < 1.29 is 9.53 Å². The first-order valence-corrected chi connectivity index (χ1v) is 8.37. The summed E-state index contributed by atoms with van der Waals surface area (Å²) in [5.74, 6) is 0.310. The lowest BCUT2D eigenvalue weighted by molar-refractivity contribution is -0.147. The summed E-state index contributed by atoms with van der Waals surface area (Å²) in [6, 6.07) is 4.18. The van der Waals surface area contributed by atoms with E-state index in [1.54, 1.807) is 7.11 Å². The molecule has 0 radical (unpaired) electrons. The fourth-order valence-electron chi connectivity index (χ4n) is 4.12. The second-order valence-corrected chi connectivity index (χ2v) is 6.63. The van der Waals surface area contributed by atoms with Gasteiger partial charge in [-0.3, -0.25) is 9.69 Å². The number of amides is 1. The highest BCUT2D eigenvalue weighted by atomic mass is 16.5. The minimum atomic E-state index is 0.0265. The maximum atomic E-state index is 12.4. The molecule has 0 aliphatic carbocycles. The first-order chi connectivity index (χ1) is 10.7. The number of carbonyl (C=O) groups is 1. The maximum absolute atomic E-state index is 12.4. The van der Waals surface area contributed by atoms with E-state index in [-0.39, 0.29) is 5.54 Å². The van der Waals surface area contributed by atoms with E-state index in [9.17, 15) is 4.79 Å². The Morgan fingerprint density at radius 2 is 2.23 bits per heavy atom. The fraction of sp³-hybridized carbons (Fsp3) is 0.706. The van der Waals surface area contributed by atoms with Crippen LogP contribution in [-0.2, 0) is 16.1 Å². The van der Waals surface area contributed by atoms with E-state index in [2.05, 4.69) is 20.9 Å². The van der Waals surface area contributed by atoms with Crippen LogP contribution in [0.5, 0.6) is 0 Å². The fourth-order valence-corrected chi connectivity index (χ4v) is 4.12. The normalized spacial score (nSPS) is 26.8. The zero-order valence-corrected chi connectivity index (χ0v) is 13.5. The predicted octanol–water partition coefficient (Wildman–Crippen LogP) is 2.01. The minimum absolute atomic E-state index is 0.0265. The summed E-state index contributed by atoms with van der Waals surface area (Å²) in [5, 5.41) is 0. The third kappa shape index (κ3) is 3.20. The van der Waals surface area contributed by atoms with Crippen LogP contribution in [0.1, 0.15) is 37.8 Å². The molecule has 0 bridgehead atoms. The van der Waals surface area contributed by atoms with Crippen molar-refractivity contribution in [2.45, 2.75) is 44.2 Å². The van der Waals surface area contributed by atoms with Crippen LogP contribution in [0.3, 0.4) is 0 Å². The van der Waals surface area contributed by atoms with Gasteiger partial charge in [0.25, 0.3) is 0 Å². The number of carbonyl (C=O) groups excluding carboxylic acids is 1. The van der Waals surface area contributed by atoms with Gasteiger partial charge in [-0.2, -0.15) is 0 Å². The van der Waals surface area contributed by atoms with E-state index in [1.807, 2.05) is 12.3 Å². The van der Waals surface area contributed by atoms with Gasteiger partial charge < -0.3 is 14.6 Å². The Balaban J connectivity index is 1.72. The van der Waals surface area contributed by atoms with Gasteiger partial charge in [-0.05, 0) is 44.4 Å². The smallest absolute Gasteiger partial charge is 0.223 e. The summed E-state index contributed by atoms with van der Waals surface area (Å²) < 4.78 is 5.23. The molecule has 2 saturated heterocycles. The van der Waals surface area contributed by atoms with E-state index in [0.29, 0.717) is 18.9 Å². The molecule has 122 valence electrons. The third-order valence-electron chi connectivity index (χ3n) is 5.12. The molecular formula is C17H27N3O2. The number of rotatable bonds is 5. The van der Waals surface area contributed by atoms with Gasteiger partial charge in [-0.15, -0.1) is 0 Å². The van der Waals surface area contributed by atoms with Crippen LogP contribution in [-0.4, -0.2) is 59.6 Å². The number of methoxy groups -OCH3 is 1. The molecule has 1 amide bonds. The molecule has 2 aliphatic heterocycles. The van der Waals surface area contributed by atoms with Crippen molar-refractivity contribution in [3.63, 3.8) is 0 Å². The van der Waals surface area contributed by atoms with Crippen LogP contribution < -0.4 is 0 Å². The number of likely N-dealkylation sites (tertiary alicyclic amines) is 2. The number of nitrogens with zero attached hydrogens (tertiary/aromatic N) is 2. The molecule has 2 aliphatic rings. The van der Waals surface area contributed by atoms with Crippen LogP contribution in [0.4, 0.5) is 0 Å². The van der Waals surface area contributed by atoms with Crippen LogP contribution in [0.15, 0.2) is 18.3 Å². The van der Waals surface area contributed by atoms with Crippen molar-refractivity contribution in [3.05, 3.63) is 24.0 Å². The van der Waals surface area contributed by atoms with E-state index in [0.717, 1.165) is 51.9 Å². The lowest BCUT2D eigenvalue weighted by Crippen LogP contribution is -2.62. The van der Waals surface area contributed by atoms with E-state index < -0.39 is 0 Å². The van der Waals surface area contributed by atoms with Gasteiger partial charge in [-0.25, -0.2) is 0 Å². The molecule has 3 rings (SSSR count). The number of hydrogen-bond donors (Lipinski definition) is 1. The SMILES string of the molecule is COCCN1C(=O)CCCC12CCCN(Cc1ccc[nH]1)C2. The van der Waals surface area contributed by atoms with Gasteiger partial charge in [-0.1, -0.05) is 0 Å². The Labute approximate surface area is 132 Å². The van der Waals surface area contributed by atoms with Crippen molar-refractivity contribution in [1.29, 1.82) is 0 Å². The quantitative estimate of drug-likeness (QED) is 0.905. The van der Waals surface area contributed by atoms with Crippen molar-refractivity contribution in [2.75, 3.05) is 33.4 Å². The zero-order valence-electron chi connectivity index (χ0n) is 13.5. The van der Waals surface area contributed by atoms with E-state index in [1.165, 1.54) is 5.69 Å². The average molecular weight is 305 g/mol. The highest BCUT2D eigenvalue weighted by Crippen LogP contribution is 2.36. The van der Waals surface area contributed by atoms with Crippen LogP contribution in [0, 0.1) is 0 Å². The summed E-state index contributed by atoms with van der Waals surface area (Å²) in [6.07, 6.45) is 7.12. The lowest BCUT2D eigenvalue weighted by Gasteiger charge is -2.52. The highest BCUT2D eigenvalue weighted by molar-refractivity contribution is 5.78. The molecule has 0 aromatic carbocycles. The van der Waals surface area contributed by atoms with Gasteiger partial charge in [0.1, 0.15) is 0 Å². The summed E-state index contributed by atoms with van der Waals surface area (Å²) in [7, 11) is 1.71. The van der Waals surface area contributed by atoms with Crippen molar-refractivity contribution in [3.8, 4) is 0 Å². The first-order valence-electron chi connectivity index (χ1n) is 8.37. The van der Waals surface area contributed by atoms with Crippen LogP contribution in [0.25, 0.3) is 0 Å². The number of nitrogens with one attached hydrogen (secondary N) is 1. The number of ether oxygens (including phenoxy) is 1. The molecule has 1 N–H and O–H groups in total. The molecule has 5 nitrogen and oxygen atoms in total.